The Morgan fingerprint density at radius 3 is 2.79 bits per heavy atom. The Bertz CT molecular complexity index is 323. The topological polar surface area (TPSA) is 12.0 Å². The minimum absolute atomic E-state index is 0.145. The van der Waals surface area contributed by atoms with Crippen LogP contribution >= 0.6 is 0 Å². The number of nitrogens with one attached hydrogen (secondary N) is 1. The molecule has 0 saturated heterocycles. The van der Waals surface area contributed by atoms with Crippen LogP contribution in [0.25, 0.3) is 0 Å². The van der Waals surface area contributed by atoms with Gasteiger partial charge in [-0.3, -0.25) is 0 Å². The SMILES string of the molecule is C=CCN[C@H](C)c1ccc(F)cc1F. The Kier molecular flexibility index (Phi) is 3.77. The van der Waals surface area contributed by atoms with Crippen molar-refractivity contribution in [3.63, 3.8) is 0 Å². The van der Waals surface area contributed by atoms with E-state index in [1.807, 2.05) is 6.92 Å². The van der Waals surface area contributed by atoms with Gasteiger partial charge in [0, 0.05) is 24.2 Å². The summed E-state index contributed by atoms with van der Waals surface area (Å²) in [6.07, 6.45) is 1.69. The van der Waals surface area contributed by atoms with E-state index in [4.69, 9.17) is 0 Å². The fourth-order valence-electron chi connectivity index (χ4n) is 1.22. The average molecular weight is 197 g/mol. The summed E-state index contributed by atoms with van der Waals surface area (Å²) in [5.74, 6) is -1.07. The lowest BCUT2D eigenvalue weighted by Gasteiger charge is -2.13. The molecule has 0 aliphatic carbocycles. The van der Waals surface area contributed by atoms with Gasteiger partial charge in [-0.15, -0.1) is 6.58 Å². The van der Waals surface area contributed by atoms with Gasteiger partial charge in [0.15, 0.2) is 0 Å². The number of benzene rings is 1. The summed E-state index contributed by atoms with van der Waals surface area (Å²) < 4.78 is 25.8. The second-order valence-electron chi connectivity index (χ2n) is 3.08. The van der Waals surface area contributed by atoms with Crippen molar-refractivity contribution in [2.45, 2.75) is 13.0 Å². The van der Waals surface area contributed by atoms with Gasteiger partial charge in [0.25, 0.3) is 0 Å². The molecule has 3 heteroatoms. The van der Waals surface area contributed by atoms with Crippen molar-refractivity contribution in [3.05, 3.63) is 48.1 Å². The number of halogens is 2. The molecule has 0 radical (unpaired) electrons. The summed E-state index contributed by atoms with van der Waals surface area (Å²) in [7, 11) is 0. The van der Waals surface area contributed by atoms with E-state index < -0.39 is 11.6 Å². The molecule has 14 heavy (non-hydrogen) atoms. The normalized spacial score (nSPS) is 12.5. The van der Waals surface area contributed by atoms with Crippen LogP contribution in [0.4, 0.5) is 8.78 Å². The standard InChI is InChI=1S/C11H13F2N/c1-3-6-14-8(2)10-5-4-9(12)7-11(10)13/h3-5,7-8,14H,1,6H2,2H3/t8-/m1/s1. The van der Waals surface area contributed by atoms with Gasteiger partial charge < -0.3 is 5.32 Å². The van der Waals surface area contributed by atoms with Crippen LogP contribution in [0.3, 0.4) is 0 Å². The van der Waals surface area contributed by atoms with Crippen LogP contribution < -0.4 is 5.32 Å². The molecule has 0 spiro atoms. The van der Waals surface area contributed by atoms with Gasteiger partial charge in [0.05, 0.1) is 0 Å². The van der Waals surface area contributed by atoms with Gasteiger partial charge in [-0.05, 0) is 13.0 Å². The van der Waals surface area contributed by atoms with Gasteiger partial charge in [-0.1, -0.05) is 12.1 Å². The van der Waals surface area contributed by atoms with Crippen molar-refractivity contribution in [2.24, 2.45) is 0 Å². The number of hydrogen-bond donors (Lipinski definition) is 1. The molecule has 0 unspecified atom stereocenters. The van der Waals surface area contributed by atoms with E-state index in [-0.39, 0.29) is 6.04 Å². The summed E-state index contributed by atoms with van der Waals surface area (Å²) in [5, 5.41) is 3.03. The lowest BCUT2D eigenvalue weighted by molar-refractivity contribution is 0.533. The molecule has 1 rings (SSSR count). The van der Waals surface area contributed by atoms with E-state index in [0.717, 1.165) is 6.07 Å². The molecule has 1 atom stereocenters. The van der Waals surface area contributed by atoms with Crippen LogP contribution in [0.15, 0.2) is 30.9 Å². The van der Waals surface area contributed by atoms with E-state index in [2.05, 4.69) is 11.9 Å². The van der Waals surface area contributed by atoms with E-state index in [9.17, 15) is 8.78 Å². The van der Waals surface area contributed by atoms with E-state index >= 15 is 0 Å². The summed E-state index contributed by atoms with van der Waals surface area (Å²) in [6.45, 7) is 5.96. The Hall–Kier alpha value is -1.22. The number of hydrogen-bond acceptors (Lipinski definition) is 1. The molecule has 0 bridgehead atoms. The van der Waals surface area contributed by atoms with E-state index in [1.165, 1.54) is 12.1 Å². The molecule has 0 saturated carbocycles. The minimum Gasteiger partial charge on any atom is -0.307 e. The Morgan fingerprint density at radius 1 is 1.50 bits per heavy atom. The Morgan fingerprint density at radius 2 is 2.21 bits per heavy atom. The predicted molar refractivity (Wildman–Crippen MR) is 53.0 cm³/mol. The zero-order valence-corrected chi connectivity index (χ0v) is 8.06. The molecule has 1 aromatic rings. The first-order chi connectivity index (χ1) is 6.65. The van der Waals surface area contributed by atoms with Gasteiger partial charge in [0.2, 0.25) is 0 Å². The second-order valence-corrected chi connectivity index (χ2v) is 3.08. The van der Waals surface area contributed by atoms with Crippen molar-refractivity contribution < 1.29 is 8.78 Å². The first-order valence-electron chi connectivity index (χ1n) is 4.44. The van der Waals surface area contributed by atoms with Gasteiger partial charge in [-0.25, -0.2) is 8.78 Å². The van der Waals surface area contributed by atoms with Crippen LogP contribution in [-0.4, -0.2) is 6.54 Å². The minimum atomic E-state index is -0.554. The third-order valence-corrected chi connectivity index (χ3v) is 2.00. The molecule has 0 aromatic heterocycles. The third-order valence-electron chi connectivity index (χ3n) is 2.00. The maximum absolute atomic E-state index is 13.2. The highest BCUT2D eigenvalue weighted by Gasteiger charge is 2.09. The highest BCUT2D eigenvalue weighted by molar-refractivity contribution is 5.21. The van der Waals surface area contributed by atoms with Crippen LogP contribution in [0.1, 0.15) is 18.5 Å². The van der Waals surface area contributed by atoms with Crippen molar-refractivity contribution in [2.75, 3.05) is 6.54 Å². The third kappa shape index (κ3) is 2.64. The lowest BCUT2D eigenvalue weighted by atomic mass is 10.1. The molecule has 1 N–H and O–H groups in total. The van der Waals surface area contributed by atoms with Crippen LogP contribution in [0.2, 0.25) is 0 Å². The average Bonchev–Trinajstić information content (AvgIpc) is 2.14. The van der Waals surface area contributed by atoms with Gasteiger partial charge >= 0.3 is 0 Å². The molecule has 1 nitrogen and oxygen atoms in total. The molecular weight excluding hydrogens is 184 g/mol. The molecule has 0 amide bonds. The Balaban J connectivity index is 2.78. The number of rotatable bonds is 4. The summed E-state index contributed by atoms with van der Waals surface area (Å²) in [4.78, 5) is 0. The zero-order chi connectivity index (χ0) is 10.6. The fraction of sp³-hybridized carbons (Fsp3) is 0.273. The second kappa shape index (κ2) is 4.86. The van der Waals surface area contributed by atoms with Crippen molar-refractivity contribution >= 4 is 0 Å². The fourth-order valence-corrected chi connectivity index (χ4v) is 1.22. The molecule has 76 valence electrons. The monoisotopic (exact) mass is 197 g/mol. The van der Waals surface area contributed by atoms with Crippen molar-refractivity contribution in [1.82, 2.24) is 5.32 Å². The molecule has 0 aliphatic heterocycles. The van der Waals surface area contributed by atoms with Crippen molar-refractivity contribution in [3.8, 4) is 0 Å². The van der Waals surface area contributed by atoms with Crippen molar-refractivity contribution in [1.29, 1.82) is 0 Å². The molecule has 0 heterocycles. The predicted octanol–water partition coefficient (Wildman–Crippen LogP) is 2.80. The summed E-state index contributed by atoms with van der Waals surface area (Å²) in [6, 6.07) is 3.45. The summed E-state index contributed by atoms with van der Waals surface area (Å²) >= 11 is 0. The molecule has 0 aliphatic rings. The molecular formula is C11H13F2N. The first kappa shape index (κ1) is 10.9. The van der Waals surface area contributed by atoms with Crippen LogP contribution in [0, 0.1) is 11.6 Å². The van der Waals surface area contributed by atoms with Crippen LogP contribution in [0.5, 0.6) is 0 Å². The molecule has 0 fully saturated rings. The lowest BCUT2D eigenvalue weighted by Crippen LogP contribution is -2.19. The highest BCUT2D eigenvalue weighted by atomic mass is 19.1. The maximum Gasteiger partial charge on any atom is 0.130 e. The summed E-state index contributed by atoms with van der Waals surface area (Å²) in [5.41, 5.74) is 0.466. The van der Waals surface area contributed by atoms with E-state index in [1.54, 1.807) is 6.08 Å². The largest absolute Gasteiger partial charge is 0.307 e. The molecule has 1 aromatic carbocycles. The van der Waals surface area contributed by atoms with Gasteiger partial charge in [0.1, 0.15) is 11.6 Å². The van der Waals surface area contributed by atoms with Gasteiger partial charge in [-0.2, -0.15) is 0 Å². The highest BCUT2D eigenvalue weighted by Crippen LogP contribution is 2.17. The first-order valence-corrected chi connectivity index (χ1v) is 4.44. The Labute approximate surface area is 82.4 Å². The zero-order valence-electron chi connectivity index (χ0n) is 8.06. The van der Waals surface area contributed by atoms with Crippen LogP contribution in [-0.2, 0) is 0 Å². The van der Waals surface area contributed by atoms with E-state index in [0.29, 0.717) is 12.1 Å². The maximum atomic E-state index is 13.2. The smallest absolute Gasteiger partial charge is 0.130 e. The quantitative estimate of drug-likeness (QED) is 0.732.